The third-order valence-electron chi connectivity index (χ3n) is 2.69. The quantitative estimate of drug-likeness (QED) is 0.625. The third kappa shape index (κ3) is 5.55. The predicted octanol–water partition coefficient (Wildman–Crippen LogP) is 3.63. The number of hydrogen-bond acceptors (Lipinski definition) is 6. The van der Waals surface area contributed by atoms with Gasteiger partial charge in [0.2, 0.25) is 0 Å². The van der Waals surface area contributed by atoms with Gasteiger partial charge in [-0.15, -0.1) is 22.7 Å². The molecule has 1 atom stereocenters. The zero-order chi connectivity index (χ0) is 16.8. The van der Waals surface area contributed by atoms with Gasteiger partial charge in [0, 0.05) is 28.5 Å². The van der Waals surface area contributed by atoms with Crippen LogP contribution in [0.3, 0.4) is 0 Å². The Hall–Kier alpha value is -2.10. The summed E-state index contributed by atoms with van der Waals surface area (Å²) in [6.45, 7) is 4.60. The lowest BCUT2D eigenvalue weighted by atomic mass is 10.3. The first kappa shape index (κ1) is 17.3. The van der Waals surface area contributed by atoms with Crippen molar-refractivity contribution in [2.75, 3.05) is 6.61 Å². The summed E-state index contributed by atoms with van der Waals surface area (Å²) in [5.74, 6) is 4.92. The molecule has 2 heterocycles. The van der Waals surface area contributed by atoms with Crippen molar-refractivity contribution in [2.24, 2.45) is 0 Å². The molecule has 0 bridgehead atoms. The van der Waals surface area contributed by atoms with Crippen LogP contribution in [0.5, 0.6) is 0 Å². The largest absolute Gasteiger partial charge is 0.461 e. The van der Waals surface area contributed by atoms with Crippen molar-refractivity contribution in [2.45, 2.75) is 26.9 Å². The molecule has 0 saturated heterocycles. The number of thiophene rings is 2. The summed E-state index contributed by atoms with van der Waals surface area (Å²) in [5, 5.41) is 0. The summed E-state index contributed by atoms with van der Waals surface area (Å²) in [7, 11) is 0. The van der Waals surface area contributed by atoms with Gasteiger partial charge in [-0.1, -0.05) is 5.92 Å². The molecule has 0 N–H and O–H groups in total. The van der Waals surface area contributed by atoms with Crippen LogP contribution in [0.1, 0.15) is 23.6 Å². The highest BCUT2D eigenvalue weighted by molar-refractivity contribution is 7.22. The zero-order valence-corrected chi connectivity index (χ0v) is 14.7. The van der Waals surface area contributed by atoms with Gasteiger partial charge in [0.15, 0.2) is 6.10 Å². The monoisotopic (exact) mass is 348 g/mol. The Labute approximate surface area is 143 Å². The van der Waals surface area contributed by atoms with Crippen molar-refractivity contribution < 1.29 is 19.1 Å². The van der Waals surface area contributed by atoms with E-state index in [0.717, 1.165) is 9.75 Å². The Morgan fingerprint density at radius 1 is 1.09 bits per heavy atom. The molecule has 4 nitrogen and oxygen atoms in total. The maximum absolute atomic E-state index is 11.1. The summed E-state index contributed by atoms with van der Waals surface area (Å²) in [4.78, 5) is 26.4. The highest BCUT2D eigenvalue weighted by Crippen LogP contribution is 2.32. The maximum atomic E-state index is 11.1. The van der Waals surface area contributed by atoms with Gasteiger partial charge in [-0.2, -0.15) is 0 Å². The molecule has 0 unspecified atom stereocenters. The average molecular weight is 348 g/mol. The molecule has 0 fully saturated rings. The summed E-state index contributed by atoms with van der Waals surface area (Å²) in [5.41, 5.74) is 0. The van der Waals surface area contributed by atoms with E-state index < -0.39 is 18.0 Å². The molecule has 0 aliphatic rings. The summed E-state index contributed by atoms with van der Waals surface area (Å²) in [6.07, 6.45) is -0.758. The smallest absolute Gasteiger partial charge is 0.303 e. The van der Waals surface area contributed by atoms with Gasteiger partial charge in [0.05, 0.1) is 4.88 Å². The van der Waals surface area contributed by atoms with E-state index >= 15 is 0 Å². The Morgan fingerprint density at radius 3 is 2.39 bits per heavy atom. The fraction of sp³-hybridized carbons (Fsp3) is 0.294. The normalized spacial score (nSPS) is 11.3. The number of aryl methyl sites for hydroxylation is 1. The SMILES string of the molecule is CC(=O)OC[C@@H](C#Cc1ccc(-c2ccc(C)s2)s1)OC(C)=O. The lowest BCUT2D eigenvalue weighted by Crippen LogP contribution is -2.22. The summed E-state index contributed by atoms with van der Waals surface area (Å²) in [6, 6.07) is 8.12. The van der Waals surface area contributed by atoms with E-state index in [1.54, 1.807) is 22.7 Å². The van der Waals surface area contributed by atoms with Crippen LogP contribution in [-0.2, 0) is 19.1 Å². The standard InChI is InChI=1S/C17H16O4S2/c1-11-4-8-16(22-11)17-9-7-15(23-17)6-5-14(21-13(3)19)10-20-12(2)18/h4,7-9,14H,10H2,1-3H3/t14-/m1/s1. The van der Waals surface area contributed by atoms with E-state index in [-0.39, 0.29) is 6.61 Å². The predicted molar refractivity (Wildman–Crippen MR) is 91.4 cm³/mol. The van der Waals surface area contributed by atoms with E-state index in [1.807, 2.05) is 12.1 Å². The molecule has 0 radical (unpaired) electrons. The first-order valence-electron chi connectivity index (χ1n) is 6.93. The molecule has 0 amide bonds. The van der Waals surface area contributed by atoms with E-state index in [1.165, 1.54) is 23.6 Å². The Bertz CT molecular complexity index is 761. The highest BCUT2D eigenvalue weighted by atomic mass is 32.1. The summed E-state index contributed by atoms with van der Waals surface area (Å²) < 4.78 is 9.89. The van der Waals surface area contributed by atoms with Crippen molar-refractivity contribution in [1.82, 2.24) is 0 Å². The van der Waals surface area contributed by atoms with Gasteiger partial charge in [0.25, 0.3) is 0 Å². The lowest BCUT2D eigenvalue weighted by Gasteiger charge is -2.10. The third-order valence-corrected chi connectivity index (χ3v) is 4.89. The number of rotatable bonds is 4. The van der Waals surface area contributed by atoms with Crippen LogP contribution in [0.2, 0.25) is 0 Å². The number of esters is 2. The molecule has 0 saturated carbocycles. The highest BCUT2D eigenvalue weighted by Gasteiger charge is 2.11. The summed E-state index contributed by atoms with van der Waals surface area (Å²) >= 11 is 3.31. The van der Waals surface area contributed by atoms with Gasteiger partial charge in [-0.25, -0.2) is 0 Å². The fourth-order valence-electron chi connectivity index (χ4n) is 1.75. The molecule has 0 aliphatic heterocycles. The van der Waals surface area contributed by atoms with E-state index in [4.69, 9.17) is 9.47 Å². The lowest BCUT2D eigenvalue weighted by molar-refractivity contribution is -0.152. The number of carbonyl (C=O) groups is 2. The Balaban J connectivity index is 2.09. The van der Waals surface area contributed by atoms with Crippen LogP contribution in [0.25, 0.3) is 9.75 Å². The molecule has 0 aromatic carbocycles. The first-order valence-corrected chi connectivity index (χ1v) is 8.56. The van der Waals surface area contributed by atoms with Crippen molar-refractivity contribution >= 4 is 34.6 Å². The van der Waals surface area contributed by atoms with E-state index in [2.05, 4.69) is 30.9 Å². The topological polar surface area (TPSA) is 52.6 Å². The second kappa shape index (κ2) is 7.95. The Kier molecular flexibility index (Phi) is 5.97. The minimum atomic E-state index is -0.758. The number of ether oxygens (including phenoxy) is 2. The van der Waals surface area contributed by atoms with Crippen LogP contribution in [0.15, 0.2) is 24.3 Å². The van der Waals surface area contributed by atoms with E-state index in [9.17, 15) is 9.59 Å². The average Bonchev–Trinajstić information content (AvgIpc) is 3.10. The van der Waals surface area contributed by atoms with Gasteiger partial charge in [0.1, 0.15) is 6.61 Å². The molecule has 0 aliphatic carbocycles. The second-order valence-corrected chi connectivity index (χ2v) is 7.12. The van der Waals surface area contributed by atoms with Crippen LogP contribution in [0, 0.1) is 18.8 Å². The van der Waals surface area contributed by atoms with Crippen molar-refractivity contribution in [1.29, 1.82) is 0 Å². The maximum Gasteiger partial charge on any atom is 0.303 e. The van der Waals surface area contributed by atoms with Gasteiger partial charge in [-0.05, 0) is 37.1 Å². The van der Waals surface area contributed by atoms with Crippen molar-refractivity contribution in [3.8, 4) is 21.6 Å². The van der Waals surface area contributed by atoms with Crippen LogP contribution >= 0.6 is 22.7 Å². The van der Waals surface area contributed by atoms with Crippen LogP contribution < -0.4 is 0 Å². The van der Waals surface area contributed by atoms with Crippen LogP contribution in [-0.4, -0.2) is 24.6 Å². The van der Waals surface area contributed by atoms with Crippen LogP contribution in [0.4, 0.5) is 0 Å². The van der Waals surface area contributed by atoms with Gasteiger partial charge >= 0.3 is 11.9 Å². The molecule has 2 aromatic heterocycles. The van der Waals surface area contributed by atoms with Crippen molar-refractivity contribution in [3.05, 3.63) is 34.0 Å². The molecule has 120 valence electrons. The van der Waals surface area contributed by atoms with E-state index in [0.29, 0.717) is 0 Å². The zero-order valence-electron chi connectivity index (χ0n) is 13.0. The molecule has 2 rings (SSSR count). The fourth-order valence-corrected chi connectivity index (χ4v) is 3.58. The number of hydrogen-bond donors (Lipinski definition) is 0. The molecule has 6 heteroatoms. The number of carbonyl (C=O) groups excluding carboxylic acids is 2. The van der Waals surface area contributed by atoms with Gasteiger partial charge < -0.3 is 9.47 Å². The second-order valence-electron chi connectivity index (χ2n) is 4.74. The minimum absolute atomic E-state index is 0.0652. The molecule has 0 spiro atoms. The molecular formula is C17H16O4S2. The Morgan fingerprint density at radius 2 is 1.78 bits per heavy atom. The molecule has 23 heavy (non-hydrogen) atoms. The van der Waals surface area contributed by atoms with Gasteiger partial charge in [-0.3, -0.25) is 9.59 Å². The molecule has 2 aromatic rings. The van der Waals surface area contributed by atoms with Crippen molar-refractivity contribution in [3.63, 3.8) is 0 Å². The molecular weight excluding hydrogens is 332 g/mol. The minimum Gasteiger partial charge on any atom is -0.461 e. The first-order chi connectivity index (χ1) is 10.9.